The fraction of sp³-hybridized carbons (Fsp3) is 0.692. The second kappa shape index (κ2) is 5.85. The molecule has 1 fully saturated rings. The zero-order chi connectivity index (χ0) is 14.8. The Morgan fingerprint density at radius 3 is 2.80 bits per heavy atom. The van der Waals surface area contributed by atoms with Gasteiger partial charge in [-0.05, 0) is 33.7 Å². The van der Waals surface area contributed by atoms with Crippen LogP contribution in [0.1, 0.15) is 31.3 Å². The molecule has 0 spiro atoms. The average Bonchev–Trinajstić information content (AvgIpc) is 2.96. The highest BCUT2D eigenvalue weighted by Gasteiger charge is 2.32. The lowest BCUT2D eigenvalue weighted by molar-refractivity contribution is 0.0250. The third-order valence-corrected chi connectivity index (χ3v) is 5.01. The first-order valence-electron chi connectivity index (χ1n) is 6.74. The van der Waals surface area contributed by atoms with Crippen LogP contribution in [0.15, 0.2) is 15.4 Å². The number of ether oxygens (including phenoxy) is 1. The molecule has 6 nitrogen and oxygen atoms in total. The van der Waals surface area contributed by atoms with E-state index < -0.39 is 15.6 Å². The SMILES string of the molecule is CNCc1cc(S(=O)(=O)NCC2(C)CCCO2)c(C)o1. The van der Waals surface area contributed by atoms with Crippen molar-refractivity contribution in [3.63, 3.8) is 0 Å². The van der Waals surface area contributed by atoms with Gasteiger partial charge in [-0.25, -0.2) is 13.1 Å². The van der Waals surface area contributed by atoms with Gasteiger partial charge < -0.3 is 14.5 Å². The minimum atomic E-state index is -3.57. The Kier molecular flexibility index (Phi) is 4.53. The minimum Gasteiger partial charge on any atom is -0.464 e. The first kappa shape index (κ1) is 15.5. The maximum Gasteiger partial charge on any atom is 0.244 e. The van der Waals surface area contributed by atoms with E-state index in [-0.39, 0.29) is 11.4 Å². The minimum absolute atomic E-state index is 0.198. The van der Waals surface area contributed by atoms with Crippen LogP contribution in [0, 0.1) is 6.92 Å². The lowest BCUT2D eigenvalue weighted by Gasteiger charge is -2.23. The highest BCUT2D eigenvalue weighted by Crippen LogP contribution is 2.25. The van der Waals surface area contributed by atoms with E-state index in [0.717, 1.165) is 12.8 Å². The van der Waals surface area contributed by atoms with E-state index in [0.29, 0.717) is 24.7 Å². The normalized spacial score (nSPS) is 23.4. The van der Waals surface area contributed by atoms with E-state index in [2.05, 4.69) is 10.0 Å². The standard InChI is InChI=1S/C13H22N2O4S/c1-10-12(7-11(19-10)8-14-3)20(16,17)15-9-13(2)5-4-6-18-13/h7,14-15H,4-6,8-9H2,1-3H3. The van der Waals surface area contributed by atoms with Gasteiger partial charge in [-0.2, -0.15) is 0 Å². The molecule has 0 aliphatic carbocycles. The topological polar surface area (TPSA) is 80.6 Å². The van der Waals surface area contributed by atoms with Gasteiger partial charge in [0.05, 0.1) is 12.1 Å². The van der Waals surface area contributed by atoms with E-state index in [4.69, 9.17) is 9.15 Å². The van der Waals surface area contributed by atoms with Crippen molar-refractivity contribution in [3.8, 4) is 0 Å². The van der Waals surface area contributed by atoms with Crippen LogP contribution in [0.2, 0.25) is 0 Å². The van der Waals surface area contributed by atoms with E-state index in [1.807, 2.05) is 6.92 Å². The fourth-order valence-electron chi connectivity index (χ4n) is 2.35. The molecule has 2 rings (SSSR count). The van der Waals surface area contributed by atoms with Crippen LogP contribution in [0.4, 0.5) is 0 Å². The molecule has 1 saturated heterocycles. The van der Waals surface area contributed by atoms with Crippen molar-refractivity contribution in [2.75, 3.05) is 20.2 Å². The van der Waals surface area contributed by atoms with Gasteiger partial charge in [0.25, 0.3) is 0 Å². The summed E-state index contributed by atoms with van der Waals surface area (Å²) in [6.45, 7) is 5.05. The number of sulfonamides is 1. The molecule has 1 unspecified atom stereocenters. The van der Waals surface area contributed by atoms with Crippen molar-refractivity contribution in [2.45, 2.75) is 43.7 Å². The lowest BCUT2D eigenvalue weighted by atomic mass is 10.0. The number of furan rings is 1. The molecule has 1 aliphatic rings. The number of rotatable bonds is 6. The Morgan fingerprint density at radius 2 is 2.20 bits per heavy atom. The molecule has 0 bridgehead atoms. The van der Waals surface area contributed by atoms with Crippen molar-refractivity contribution in [3.05, 3.63) is 17.6 Å². The van der Waals surface area contributed by atoms with E-state index >= 15 is 0 Å². The Balaban J connectivity index is 2.09. The summed E-state index contributed by atoms with van der Waals surface area (Å²) in [5.74, 6) is 1.01. The number of hydrogen-bond acceptors (Lipinski definition) is 5. The second-order valence-corrected chi connectivity index (χ2v) is 7.13. The summed E-state index contributed by atoms with van der Waals surface area (Å²) in [7, 11) is -1.79. The predicted octanol–water partition coefficient (Wildman–Crippen LogP) is 1.15. The van der Waals surface area contributed by atoms with Gasteiger partial charge in [-0.3, -0.25) is 0 Å². The highest BCUT2D eigenvalue weighted by atomic mass is 32.2. The van der Waals surface area contributed by atoms with Crippen LogP contribution >= 0.6 is 0 Å². The molecule has 2 N–H and O–H groups in total. The van der Waals surface area contributed by atoms with Crippen LogP contribution in [-0.4, -0.2) is 34.2 Å². The van der Waals surface area contributed by atoms with Crippen molar-refractivity contribution >= 4 is 10.0 Å². The maximum atomic E-state index is 12.3. The second-order valence-electron chi connectivity index (χ2n) is 5.39. The summed E-state index contributed by atoms with van der Waals surface area (Å²) in [5, 5.41) is 2.93. The Bertz CT molecular complexity index is 559. The Labute approximate surface area is 119 Å². The van der Waals surface area contributed by atoms with Gasteiger partial charge in [0, 0.05) is 19.2 Å². The zero-order valence-corrected chi connectivity index (χ0v) is 13.0. The zero-order valence-electron chi connectivity index (χ0n) is 12.2. The summed E-state index contributed by atoms with van der Waals surface area (Å²) in [5.41, 5.74) is -0.404. The molecule has 0 amide bonds. The molecule has 114 valence electrons. The maximum absolute atomic E-state index is 12.3. The largest absolute Gasteiger partial charge is 0.464 e. The molecule has 0 radical (unpaired) electrons. The van der Waals surface area contributed by atoms with E-state index in [9.17, 15) is 8.42 Å². The average molecular weight is 302 g/mol. The molecule has 1 aromatic heterocycles. The molecule has 0 saturated carbocycles. The van der Waals surface area contributed by atoms with Gasteiger partial charge in [-0.15, -0.1) is 0 Å². The van der Waals surface area contributed by atoms with Crippen molar-refractivity contribution in [2.24, 2.45) is 0 Å². The van der Waals surface area contributed by atoms with Gasteiger partial charge in [0.2, 0.25) is 10.0 Å². The monoisotopic (exact) mass is 302 g/mol. The third kappa shape index (κ3) is 3.41. The summed E-state index contributed by atoms with van der Waals surface area (Å²) in [4.78, 5) is 0.198. The van der Waals surface area contributed by atoms with Gasteiger partial charge >= 0.3 is 0 Å². The number of aryl methyl sites for hydroxylation is 1. The fourth-order valence-corrected chi connectivity index (χ4v) is 3.71. The first-order valence-corrected chi connectivity index (χ1v) is 8.22. The molecular weight excluding hydrogens is 280 g/mol. The quantitative estimate of drug-likeness (QED) is 0.824. The van der Waals surface area contributed by atoms with Crippen molar-refractivity contribution < 1.29 is 17.6 Å². The third-order valence-electron chi connectivity index (χ3n) is 3.50. The molecule has 7 heteroatoms. The van der Waals surface area contributed by atoms with Crippen LogP contribution in [0.5, 0.6) is 0 Å². The van der Waals surface area contributed by atoms with E-state index in [1.165, 1.54) is 0 Å². The molecule has 1 atom stereocenters. The van der Waals surface area contributed by atoms with Crippen LogP contribution < -0.4 is 10.0 Å². The highest BCUT2D eigenvalue weighted by molar-refractivity contribution is 7.89. The lowest BCUT2D eigenvalue weighted by Crippen LogP contribution is -2.40. The van der Waals surface area contributed by atoms with Crippen molar-refractivity contribution in [1.82, 2.24) is 10.0 Å². The number of nitrogens with one attached hydrogen (secondary N) is 2. The van der Waals surface area contributed by atoms with Crippen LogP contribution in [0.3, 0.4) is 0 Å². The first-order chi connectivity index (χ1) is 9.36. The van der Waals surface area contributed by atoms with Crippen LogP contribution in [0.25, 0.3) is 0 Å². The van der Waals surface area contributed by atoms with Gasteiger partial charge in [0.1, 0.15) is 16.4 Å². The molecule has 0 aromatic carbocycles. The summed E-state index contributed by atoms with van der Waals surface area (Å²) < 4.78 is 38.3. The Hall–Kier alpha value is -0.890. The predicted molar refractivity (Wildman–Crippen MR) is 75.0 cm³/mol. The van der Waals surface area contributed by atoms with Gasteiger partial charge in [0.15, 0.2) is 0 Å². The molecular formula is C13H22N2O4S. The summed E-state index contributed by atoms with van der Waals surface area (Å²) in [6, 6.07) is 1.56. The molecule has 1 aliphatic heterocycles. The van der Waals surface area contributed by atoms with E-state index in [1.54, 1.807) is 20.0 Å². The molecule has 20 heavy (non-hydrogen) atoms. The number of hydrogen-bond donors (Lipinski definition) is 2. The molecule has 2 heterocycles. The van der Waals surface area contributed by atoms with Crippen molar-refractivity contribution in [1.29, 1.82) is 0 Å². The Morgan fingerprint density at radius 1 is 1.45 bits per heavy atom. The summed E-state index contributed by atoms with van der Waals surface area (Å²) >= 11 is 0. The van der Waals surface area contributed by atoms with Crippen LogP contribution in [-0.2, 0) is 21.3 Å². The summed E-state index contributed by atoms with van der Waals surface area (Å²) in [6.07, 6.45) is 1.83. The van der Waals surface area contributed by atoms with Gasteiger partial charge in [-0.1, -0.05) is 0 Å². The molecule has 1 aromatic rings. The smallest absolute Gasteiger partial charge is 0.244 e.